The number of rotatable bonds is 9. The van der Waals surface area contributed by atoms with E-state index in [4.69, 9.17) is 9.47 Å². The first-order valence-corrected chi connectivity index (χ1v) is 8.07. The van der Waals surface area contributed by atoms with Crippen LogP contribution < -0.4 is 0 Å². The van der Waals surface area contributed by atoms with E-state index in [9.17, 15) is 14.0 Å². The fraction of sp³-hybridized carbons (Fsp3) is 0.500. The van der Waals surface area contributed by atoms with E-state index in [0.29, 0.717) is 23.1 Å². The van der Waals surface area contributed by atoms with Gasteiger partial charge < -0.3 is 9.47 Å². The van der Waals surface area contributed by atoms with E-state index in [1.165, 1.54) is 12.1 Å². The Morgan fingerprint density at radius 3 is 2.50 bits per heavy atom. The highest BCUT2D eigenvalue weighted by atomic mass is 79.9. The smallest absolute Gasteiger partial charge is 0.306 e. The zero-order valence-electron chi connectivity index (χ0n) is 12.6. The molecule has 1 aromatic rings. The van der Waals surface area contributed by atoms with Crippen LogP contribution in [0.5, 0.6) is 0 Å². The molecule has 122 valence electrons. The number of esters is 2. The van der Waals surface area contributed by atoms with Crippen molar-refractivity contribution in [3.05, 3.63) is 34.1 Å². The zero-order chi connectivity index (χ0) is 16.4. The summed E-state index contributed by atoms with van der Waals surface area (Å²) in [6.45, 7) is 2.44. The molecule has 0 atom stereocenters. The van der Waals surface area contributed by atoms with Crippen LogP contribution >= 0.6 is 15.9 Å². The van der Waals surface area contributed by atoms with Crippen LogP contribution in [0.3, 0.4) is 0 Å². The minimum absolute atomic E-state index is 0.00186. The van der Waals surface area contributed by atoms with Gasteiger partial charge in [0.15, 0.2) is 0 Å². The predicted molar refractivity (Wildman–Crippen MR) is 83.6 cm³/mol. The maximum atomic E-state index is 13.1. The van der Waals surface area contributed by atoms with Gasteiger partial charge in [-0.3, -0.25) is 9.59 Å². The van der Waals surface area contributed by atoms with Crippen LogP contribution in [-0.4, -0.2) is 18.5 Å². The monoisotopic (exact) mass is 374 g/mol. The Hall–Kier alpha value is -1.43. The average molecular weight is 375 g/mol. The average Bonchev–Trinajstić information content (AvgIpc) is 2.48. The largest absolute Gasteiger partial charge is 0.466 e. The van der Waals surface area contributed by atoms with Crippen molar-refractivity contribution in [1.29, 1.82) is 0 Å². The number of halogens is 2. The van der Waals surface area contributed by atoms with Gasteiger partial charge >= 0.3 is 11.9 Å². The summed E-state index contributed by atoms with van der Waals surface area (Å²) in [5.74, 6) is -1.10. The fourth-order valence-corrected chi connectivity index (χ4v) is 2.02. The summed E-state index contributed by atoms with van der Waals surface area (Å²) in [5.41, 5.74) is 0.562. The van der Waals surface area contributed by atoms with E-state index in [1.54, 1.807) is 6.07 Å². The van der Waals surface area contributed by atoms with Crippen LogP contribution in [0.4, 0.5) is 4.39 Å². The Labute approximate surface area is 138 Å². The highest BCUT2D eigenvalue weighted by molar-refractivity contribution is 9.10. The number of ether oxygens (including phenoxy) is 2. The number of hydrogen-bond donors (Lipinski definition) is 0. The van der Waals surface area contributed by atoms with Crippen molar-refractivity contribution < 1.29 is 23.5 Å². The molecule has 0 bridgehead atoms. The molecule has 0 fully saturated rings. The minimum atomic E-state index is -0.419. The third kappa shape index (κ3) is 7.54. The molecular formula is C16H20BrFO4. The van der Waals surface area contributed by atoms with Crippen LogP contribution in [0.2, 0.25) is 0 Å². The summed E-state index contributed by atoms with van der Waals surface area (Å²) < 4.78 is 23.8. The van der Waals surface area contributed by atoms with Crippen LogP contribution in [0.25, 0.3) is 0 Å². The predicted octanol–water partition coefficient (Wildman–Crippen LogP) is 4.15. The van der Waals surface area contributed by atoms with E-state index in [1.807, 2.05) is 6.92 Å². The van der Waals surface area contributed by atoms with Gasteiger partial charge in [0.25, 0.3) is 0 Å². The lowest BCUT2D eigenvalue weighted by atomic mass is 10.2. The zero-order valence-corrected chi connectivity index (χ0v) is 14.2. The molecule has 6 heteroatoms. The van der Waals surface area contributed by atoms with E-state index in [2.05, 4.69) is 15.9 Å². The van der Waals surface area contributed by atoms with Crippen LogP contribution in [0, 0.1) is 5.82 Å². The topological polar surface area (TPSA) is 52.6 Å². The lowest BCUT2D eigenvalue weighted by Gasteiger charge is -2.07. The minimum Gasteiger partial charge on any atom is -0.466 e. The molecule has 0 amide bonds. The third-order valence-corrected chi connectivity index (χ3v) is 3.69. The molecule has 1 rings (SSSR count). The Kier molecular flexibility index (Phi) is 8.74. The van der Waals surface area contributed by atoms with Gasteiger partial charge in [0, 0.05) is 22.9 Å². The molecule has 0 spiro atoms. The number of carbonyl (C=O) groups excluding carboxylic acids is 2. The molecule has 0 N–H and O–H groups in total. The summed E-state index contributed by atoms with van der Waals surface area (Å²) >= 11 is 3.26. The third-order valence-electron chi connectivity index (χ3n) is 2.92. The van der Waals surface area contributed by atoms with Crippen molar-refractivity contribution in [3.8, 4) is 0 Å². The molecule has 0 saturated heterocycles. The Bertz CT molecular complexity index is 505. The summed E-state index contributed by atoms with van der Waals surface area (Å²) in [6, 6.07) is 4.19. The van der Waals surface area contributed by atoms with Crippen molar-refractivity contribution in [2.45, 2.75) is 45.6 Å². The maximum Gasteiger partial charge on any atom is 0.306 e. The molecule has 0 aliphatic rings. The van der Waals surface area contributed by atoms with Crippen molar-refractivity contribution >= 4 is 27.9 Å². The highest BCUT2D eigenvalue weighted by Crippen LogP contribution is 2.19. The Morgan fingerprint density at radius 1 is 1.14 bits per heavy atom. The van der Waals surface area contributed by atoms with Gasteiger partial charge in [-0.1, -0.05) is 29.3 Å². The van der Waals surface area contributed by atoms with Gasteiger partial charge in [-0.05, 0) is 31.0 Å². The summed E-state index contributed by atoms with van der Waals surface area (Å²) in [7, 11) is 0. The van der Waals surface area contributed by atoms with Crippen LogP contribution in [0.15, 0.2) is 22.7 Å². The van der Waals surface area contributed by atoms with Crippen molar-refractivity contribution in [2.75, 3.05) is 6.61 Å². The summed E-state index contributed by atoms with van der Waals surface area (Å²) in [6.07, 6.45) is 2.53. The van der Waals surface area contributed by atoms with E-state index in [-0.39, 0.29) is 31.2 Å². The molecule has 0 heterocycles. The maximum absolute atomic E-state index is 13.1. The van der Waals surface area contributed by atoms with Gasteiger partial charge in [-0.15, -0.1) is 0 Å². The van der Waals surface area contributed by atoms with Crippen LogP contribution in [0.1, 0.15) is 44.6 Å². The molecule has 0 aliphatic heterocycles. The second kappa shape index (κ2) is 10.3. The van der Waals surface area contributed by atoms with Crippen molar-refractivity contribution in [3.63, 3.8) is 0 Å². The molecule has 4 nitrogen and oxygen atoms in total. The Balaban J connectivity index is 2.21. The fourth-order valence-electron chi connectivity index (χ4n) is 1.66. The van der Waals surface area contributed by atoms with E-state index in [0.717, 1.165) is 12.8 Å². The first-order valence-electron chi connectivity index (χ1n) is 7.28. The molecule has 0 unspecified atom stereocenters. The lowest BCUT2D eigenvalue weighted by Crippen LogP contribution is -2.09. The van der Waals surface area contributed by atoms with Gasteiger partial charge in [0.05, 0.1) is 6.61 Å². The SMILES string of the molecule is CCCCOC(=O)CCCC(=O)OCc1cc(F)ccc1Br. The summed E-state index contributed by atoms with van der Waals surface area (Å²) in [5, 5.41) is 0. The van der Waals surface area contributed by atoms with Gasteiger partial charge in [-0.2, -0.15) is 0 Å². The molecule has 22 heavy (non-hydrogen) atoms. The number of benzene rings is 1. The number of carbonyl (C=O) groups is 2. The number of unbranched alkanes of at least 4 members (excludes halogenated alkanes) is 1. The lowest BCUT2D eigenvalue weighted by molar-refractivity contribution is -0.146. The van der Waals surface area contributed by atoms with Gasteiger partial charge in [-0.25, -0.2) is 4.39 Å². The molecule has 0 aliphatic carbocycles. The molecule has 0 radical (unpaired) electrons. The van der Waals surface area contributed by atoms with Crippen molar-refractivity contribution in [1.82, 2.24) is 0 Å². The van der Waals surface area contributed by atoms with E-state index >= 15 is 0 Å². The van der Waals surface area contributed by atoms with E-state index < -0.39 is 5.97 Å². The molecule has 1 aromatic carbocycles. The van der Waals surface area contributed by atoms with Crippen LogP contribution in [-0.2, 0) is 25.7 Å². The first-order chi connectivity index (χ1) is 10.5. The normalized spacial score (nSPS) is 10.3. The van der Waals surface area contributed by atoms with Gasteiger partial charge in [0.1, 0.15) is 12.4 Å². The number of hydrogen-bond acceptors (Lipinski definition) is 4. The standard InChI is InChI=1S/C16H20BrFO4/c1-2-3-9-21-15(19)5-4-6-16(20)22-11-12-10-13(18)7-8-14(12)17/h7-8,10H,2-6,9,11H2,1H3. The quantitative estimate of drug-likeness (QED) is 0.481. The molecule has 0 aromatic heterocycles. The molecular weight excluding hydrogens is 355 g/mol. The summed E-state index contributed by atoms with van der Waals surface area (Å²) in [4.78, 5) is 22.9. The second-order valence-corrected chi connectivity index (χ2v) is 5.68. The first kappa shape index (κ1) is 18.6. The second-order valence-electron chi connectivity index (χ2n) is 4.82. The van der Waals surface area contributed by atoms with Gasteiger partial charge in [0.2, 0.25) is 0 Å². The Morgan fingerprint density at radius 2 is 1.82 bits per heavy atom. The van der Waals surface area contributed by atoms with Crippen molar-refractivity contribution in [2.24, 2.45) is 0 Å². The highest BCUT2D eigenvalue weighted by Gasteiger charge is 2.09. The molecule has 0 saturated carbocycles.